The first-order valence-electron chi connectivity index (χ1n) is 3.44. The fourth-order valence-corrected chi connectivity index (χ4v) is 2.14. The molecule has 1 unspecified atom stereocenters. The summed E-state index contributed by atoms with van der Waals surface area (Å²) in [5, 5.41) is 2.98. The van der Waals surface area contributed by atoms with E-state index >= 15 is 0 Å². The number of Topliss-reactive ketones (excluding diaryl/α,β-unsaturated/α-hetero) is 1. The molecule has 1 aliphatic heterocycles. The van der Waals surface area contributed by atoms with Crippen LogP contribution in [-0.4, -0.2) is 28.7 Å². The number of hydrogen-bond donors (Lipinski definition) is 1. The summed E-state index contributed by atoms with van der Waals surface area (Å²) in [5.74, 6) is 0.400. The maximum Gasteiger partial charge on any atom is 0.213 e. The van der Waals surface area contributed by atoms with Crippen molar-refractivity contribution in [2.24, 2.45) is 0 Å². The normalized spacial score (nSPS) is 28.4. The van der Waals surface area contributed by atoms with Gasteiger partial charge in [-0.05, 0) is 13.8 Å². The maximum absolute atomic E-state index is 11.0. The fourth-order valence-electron chi connectivity index (χ4n) is 1.15. The lowest BCUT2D eigenvalue weighted by Gasteiger charge is -2.21. The molecule has 4 heteroatoms. The molecule has 1 saturated heterocycles. The quantitative estimate of drug-likeness (QED) is 0.478. The average Bonchev–Trinajstić information content (AvgIpc) is 2.28. The van der Waals surface area contributed by atoms with Crippen LogP contribution < -0.4 is 5.32 Å². The van der Waals surface area contributed by atoms with Crippen LogP contribution in [0.5, 0.6) is 0 Å². The minimum absolute atomic E-state index is 0.141. The van der Waals surface area contributed by atoms with Gasteiger partial charge in [-0.15, -0.1) is 11.8 Å². The molecular formula is C7H11NO2S. The van der Waals surface area contributed by atoms with Gasteiger partial charge in [0.15, 0.2) is 6.29 Å². The smallest absolute Gasteiger partial charge is 0.213 e. The number of nitrogens with one attached hydrogen (secondary N) is 1. The largest absolute Gasteiger partial charge is 0.297 e. The van der Waals surface area contributed by atoms with Crippen molar-refractivity contribution in [3.8, 4) is 0 Å². The Bertz CT molecular complexity index is 191. The molecule has 0 bridgehead atoms. The Morgan fingerprint density at radius 1 is 1.73 bits per heavy atom. The van der Waals surface area contributed by atoms with Gasteiger partial charge in [0.05, 0.1) is 6.04 Å². The Morgan fingerprint density at radius 2 is 2.36 bits per heavy atom. The van der Waals surface area contributed by atoms with E-state index in [1.54, 1.807) is 11.8 Å². The number of ketones is 1. The van der Waals surface area contributed by atoms with Crippen LogP contribution in [0.25, 0.3) is 0 Å². The van der Waals surface area contributed by atoms with Crippen molar-refractivity contribution in [2.45, 2.75) is 24.6 Å². The molecule has 62 valence electrons. The SMILES string of the molecule is CC1(C)SCNC1C(=O)C=O. The lowest BCUT2D eigenvalue weighted by atomic mass is 10.0. The van der Waals surface area contributed by atoms with Crippen molar-refractivity contribution in [1.29, 1.82) is 0 Å². The number of rotatable bonds is 2. The number of thioether (sulfide) groups is 1. The molecule has 3 nitrogen and oxygen atoms in total. The Morgan fingerprint density at radius 3 is 2.73 bits per heavy atom. The van der Waals surface area contributed by atoms with Gasteiger partial charge in [-0.25, -0.2) is 0 Å². The van der Waals surface area contributed by atoms with Crippen molar-refractivity contribution in [2.75, 3.05) is 5.88 Å². The summed E-state index contributed by atoms with van der Waals surface area (Å²) in [6.45, 7) is 3.92. The highest BCUT2D eigenvalue weighted by Crippen LogP contribution is 2.32. The lowest BCUT2D eigenvalue weighted by molar-refractivity contribution is -0.131. The van der Waals surface area contributed by atoms with Crippen LogP contribution in [-0.2, 0) is 9.59 Å². The molecule has 1 heterocycles. The molecule has 0 saturated carbocycles. The molecule has 0 spiro atoms. The zero-order valence-electron chi connectivity index (χ0n) is 6.59. The van der Waals surface area contributed by atoms with Gasteiger partial charge in [0.25, 0.3) is 0 Å². The third-order valence-corrected chi connectivity index (χ3v) is 3.12. The minimum atomic E-state index is -0.347. The zero-order chi connectivity index (χ0) is 8.48. The molecule has 0 amide bonds. The first-order chi connectivity index (χ1) is 5.08. The monoisotopic (exact) mass is 173 g/mol. The van der Waals surface area contributed by atoms with Crippen LogP contribution in [0.3, 0.4) is 0 Å². The van der Waals surface area contributed by atoms with Crippen LogP contribution in [0.1, 0.15) is 13.8 Å². The molecule has 0 aliphatic carbocycles. The molecule has 0 aromatic rings. The van der Waals surface area contributed by atoms with Crippen molar-refractivity contribution < 1.29 is 9.59 Å². The Hall–Kier alpha value is -0.350. The summed E-state index contributed by atoms with van der Waals surface area (Å²) in [6, 6.07) is -0.301. The third kappa shape index (κ3) is 1.62. The average molecular weight is 173 g/mol. The molecule has 0 aromatic carbocycles. The highest BCUT2D eigenvalue weighted by Gasteiger charge is 2.39. The van der Waals surface area contributed by atoms with Crippen LogP contribution in [0.2, 0.25) is 0 Å². The van der Waals surface area contributed by atoms with Gasteiger partial charge in [0.1, 0.15) is 0 Å². The first kappa shape index (κ1) is 8.74. The van der Waals surface area contributed by atoms with E-state index in [0.717, 1.165) is 5.88 Å². The van der Waals surface area contributed by atoms with E-state index < -0.39 is 0 Å². The van der Waals surface area contributed by atoms with Crippen LogP contribution >= 0.6 is 11.8 Å². The third-order valence-electron chi connectivity index (χ3n) is 1.83. The number of carbonyl (C=O) groups is 2. The van der Waals surface area contributed by atoms with Gasteiger partial charge in [-0.1, -0.05) is 0 Å². The van der Waals surface area contributed by atoms with Gasteiger partial charge < -0.3 is 0 Å². The Labute approximate surface area is 69.9 Å². The second-order valence-corrected chi connectivity index (χ2v) is 4.68. The predicted molar refractivity (Wildman–Crippen MR) is 44.5 cm³/mol. The maximum atomic E-state index is 11.0. The summed E-state index contributed by atoms with van der Waals surface area (Å²) in [6.07, 6.45) is 0.394. The summed E-state index contributed by atoms with van der Waals surface area (Å²) < 4.78 is -0.141. The Balaban J connectivity index is 2.72. The topological polar surface area (TPSA) is 46.2 Å². The summed E-state index contributed by atoms with van der Waals surface area (Å²) >= 11 is 1.66. The number of hydrogen-bond acceptors (Lipinski definition) is 4. The molecule has 1 fully saturated rings. The standard InChI is InChI=1S/C7H11NO2S/c1-7(2)6(5(10)3-9)8-4-11-7/h3,6,8H,4H2,1-2H3. The molecule has 0 radical (unpaired) electrons. The predicted octanol–water partition coefficient (Wildman–Crippen LogP) is 0.195. The second kappa shape index (κ2) is 2.95. The highest BCUT2D eigenvalue weighted by atomic mass is 32.2. The summed E-state index contributed by atoms with van der Waals surface area (Å²) in [7, 11) is 0. The van der Waals surface area contributed by atoms with Crippen molar-refractivity contribution >= 4 is 23.8 Å². The first-order valence-corrected chi connectivity index (χ1v) is 4.43. The van der Waals surface area contributed by atoms with E-state index in [4.69, 9.17) is 0 Å². The lowest BCUT2D eigenvalue weighted by Crippen LogP contribution is -2.44. The van der Waals surface area contributed by atoms with E-state index in [1.165, 1.54) is 0 Å². The summed E-state index contributed by atoms with van der Waals surface area (Å²) in [5.41, 5.74) is 0. The Kier molecular flexibility index (Phi) is 2.34. The van der Waals surface area contributed by atoms with E-state index in [1.807, 2.05) is 13.8 Å². The van der Waals surface area contributed by atoms with Gasteiger partial charge in [-0.2, -0.15) is 0 Å². The van der Waals surface area contributed by atoms with E-state index in [2.05, 4.69) is 5.32 Å². The highest BCUT2D eigenvalue weighted by molar-refractivity contribution is 8.00. The van der Waals surface area contributed by atoms with Gasteiger partial charge in [0.2, 0.25) is 5.78 Å². The van der Waals surface area contributed by atoms with Crippen LogP contribution in [0, 0.1) is 0 Å². The fraction of sp³-hybridized carbons (Fsp3) is 0.714. The van der Waals surface area contributed by atoms with Gasteiger partial charge in [0, 0.05) is 10.6 Å². The molecule has 11 heavy (non-hydrogen) atoms. The van der Waals surface area contributed by atoms with E-state index in [-0.39, 0.29) is 16.6 Å². The van der Waals surface area contributed by atoms with Crippen molar-refractivity contribution in [1.82, 2.24) is 5.32 Å². The van der Waals surface area contributed by atoms with E-state index in [9.17, 15) is 9.59 Å². The molecule has 0 aromatic heterocycles. The van der Waals surface area contributed by atoms with Gasteiger partial charge >= 0.3 is 0 Å². The minimum Gasteiger partial charge on any atom is -0.297 e. The molecular weight excluding hydrogens is 162 g/mol. The number of carbonyl (C=O) groups excluding carboxylic acids is 2. The zero-order valence-corrected chi connectivity index (χ0v) is 7.40. The molecule has 1 aliphatic rings. The van der Waals surface area contributed by atoms with Gasteiger partial charge in [-0.3, -0.25) is 14.9 Å². The summed E-state index contributed by atoms with van der Waals surface area (Å²) in [4.78, 5) is 21.2. The molecule has 1 atom stereocenters. The second-order valence-electron chi connectivity index (χ2n) is 3.05. The van der Waals surface area contributed by atoms with Crippen molar-refractivity contribution in [3.63, 3.8) is 0 Å². The van der Waals surface area contributed by atoms with Crippen LogP contribution in [0.15, 0.2) is 0 Å². The van der Waals surface area contributed by atoms with Crippen molar-refractivity contribution in [3.05, 3.63) is 0 Å². The molecule has 1 rings (SSSR count). The number of aldehydes is 1. The van der Waals surface area contributed by atoms with E-state index in [0.29, 0.717) is 6.29 Å². The molecule has 1 N–H and O–H groups in total. The van der Waals surface area contributed by atoms with Crippen LogP contribution in [0.4, 0.5) is 0 Å².